The molecule has 4 N–H and O–H groups in total. The summed E-state index contributed by atoms with van der Waals surface area (Å²) in [7, 11) is 0. The van der Waals surface area contributed by atoms with Gasteiger partial charge in [0.25, 0.3) is 5.56 Å². The van der Waals surface area contributed by atoms with Crippen LogP contribution in [0.25, 0.3) is 11.2 Å². The van der Waals surface area contributed by atoms with E-state index in [0.29, 0.717) is 0 Å². The predicted octanol–water partition coefficient (Wildman–Crippen LogP) is 1.90. The summed E-state index contributed by atoms with van der Waals surface area (Å²) >= 11 is 9.41. The van der Waals surface area contributed by atoms with Crippen molar-refractivity contribution in [3.05, 3.63) is 35.3 Å². The number of nitrogens with two attached hydrogens (primary N) is 1. The lowest BCUT2D eigenvalue weighted by Gasteiger charge is -2.28. The fourth-order valence-corrected chi connectivity index (χ4v) is 8.27. The van der Waals surface area contributed by atoms with Crippen LogP contribution in [0.15, 0.2) is 29.7 Å². The van der Waals surface area contributed by atoms with Crippen LogP contribution in [0, 0.1) is 11.8 Å². The van der Waals surface area contributed by atoms with Crippen LogP contribution in [0.4, 0.5) is 10.3 Å². The second-order valence-electron chi connectivity index (χ2n) is 10.0. The number of aromatic nitrogens is 6. The van der Waals surface area contributed by atoms with Gasteiger partial charge in [0.1, 0.15) is 24.6 Å². The Labute approximate surface area is 247 Å². The molecule has 42 heavy (non-hydrogen) atoms. The van der Waals surface area contributed by atoms with Gasteiger partial charge in [-0.05, 0) is 18.2 Å². The molecule has 0 radical (unpaired) electrons. The average Bonchev–Trinajstić information content (AvgIpc) is 3.57. The summed E-state index contributed by atoms with van der Waals surface area (Å²) in [5, 5.41) is 0. The van der Waals surface area contributed by atoms with Crippen LogP contribution in [0.3, 0.4) is 0 Å². The fourth-order valence-electron chi connectivity index (χ4n) is 5.23. The molecule has 228 valence electrons. The molecule has 1 saturated carbocycles. The average molecular weight is 666 g/mol. The summed E-state index contributed by atoms with van der Waals surface area (Å²) in [6.07, 6.45) is -2.97. The number of halogens is 1. The van der Waals surface area contributed by atoms with E-state index in [1.807, 2.05) is 0 Å². The molecule has 2 unspecified atom stereocenters. The number of nitrogens with zero attached hydrogens (tertiary/aromatic N) is 5. The number of ether oxygens (including phenoxy) is 2. The monoisotopic (exact) mass is 665 g/mol. The number of H-pyrrole nitrogens is 1. The second-order valence-corrected chi connectivity index (χ2v) is 15.7. The minimum Gasteiger partial charge on any atom is -0.471 e. The van der Waals surface area contributed by atoms with Gasteiger partial charge in [-0.15, -0.1) is 0 Å². The van der Waals surface area contributed by atoms with Crippen LogP contribution in [0.5, 0.6) is 5.88 Å². The van der Waals surface area contributed by atoms with Gasteiger partial charge in [-0.1, -0.05) is 19.2 Å². The van der Waals surface area contributed by atoms with Crippen molar-refractivity contribution in [1.82, 2.24) is 29.5 Å². The Morgan fingerprint density at radius 3 is 2.86 bits per heavy atom. The summed E-state index contributed by atoms with van der Waals surface area (Å²) in [6, 6.07) is 1.46. The quantitative estimate of drug-likeness (QED) is 0.233. The highest BCUT2D eigenvalue weighted by Crippen LogP contribution is 2.59. The molecule has 3 fully saturated rings. The highest BCUT2D eigenvalue weighted by molar-refractivity contribution is 8.44. The molecule has 3 aromatic heterocycles. The first-order valence-electron chi connectivity index (χ1n) is 12.7. The van der Waals surface area contributed by atoms with Crippen LogP contribution >= 0.6 is 25.8 Å². The maximum Gasteiger partial charge on any atom is 0.386 e. The first kappa shape index (κ1) is 30.0. The number of aromatic amines is 1. The van der Waals surface area contributed by atoms with Crippen molar-refractivity contribution in [1.29, 1.82) is 0 Å². The Kier molecular flexibility index (Phi) is 8.19. The molecule has 16 nitrogen and oxygen atoms in total. The van der Waals surface area contributed by atoms with E-state index in [2.05, 4.69) is 37.2 Å². The van der Waals surface area contributed by atoms with Gasteiger partial charge in [-0.2, -0.15) is 4.98 Å². The van der Waals surface area contributed by atoms with Gasteiger partial charge in [0.05, 0.1) is 25.6 Å². The van der Waals surface area contributed by atoms with Crippen molar-refractivity contribution in [3.8, 4) is 5.88 Å². The molecule has 6 rings (SSSR count). The van der Waals surface area contributed by atoms with Gasteiger partial charge in [-0.3, -0.25) is 23.4 Å². The van der Waals surface area contributed by atoms with Gasteiger partial charge in [0.2, 0.25) is 11.8 Å². The lowest BCUT2D eigenvalue weighted by molar-refractivity contribution is -0.0492. The Morgan fingerprint density at radius 2 is 2.10 bits per heavy atom. The third-order valence-electron chi connectivity index (χ3n) is 7.28. The van der Waals surface area contributed by atoms with Gasteiger partial charge < -0.3 is 29.1 Å². The van der Waals surface area contributed by atoms with Crippen molar-refractivity contribution in [3.63, 3.8) is 0 Å². The Hall–Kier alpha value is -2.05. The van der Waals surface area contributed by atoms with E-state index in [4.69, 9.17) is 45.1 Å². The molecule has 2 saturated heterocycles. The zero-order valence-corrected chi connectivity index (χ0v) is 25.2. The van der Waals surface area contributed by atoms with E-state index in [9.17, 15) is 14.3 Å². The van der Waals surface area contributed by atoms with Crippen LogP contribution < -0.4 is 16.0 Å². The van der Waals surface area contributed by atoms with Crippen molar-refractivity contribution in [2.75, 3.05) is 18.9 Å². The molecule has 10 atom stereocenters. The number of nitrogen functional groups attached to an aromatic ring is 1. The lowest BCUT2D eigenvalue weighted by Crippen LogP contribution is -2.33. The number of imidazole rings is 1. The highest BCUT2D eigenvalue weighted by Gasteiger charge is 2.52. The Morgan fingerprint density at radius 1 is 1.29 bits per heavy atom. The molecule has 0 aromatic carbocycles. The molecule has 2 bridgehead atoms. The summed E-state index contributed by atoms with van der Waals surface area (Å²) in [5.74, 6) is -1.35. The van der Waals surface area contributed by atoms with Crippen molar-refractivity contribution in [2.24, 2.45) is 11.8 Å². The van der Waals surface area contributed by atoms with Gasteiger partial charge in [0, 0.05) is 24.1 Å². The zero-order valence-electron chi connectivity index (χ0n) is 21.7. The van der Waals surface area contributed by atoms with Crippen LogP contribution in [0.1, 0.15) is 19.6 Å². The third kappa shape index (κ3) is 6.00. The number of hydrogen-bond donors (Lipinski definition) is 4. The molecule has 2 aliphatic heterocycles. The summed E-state index contributed by atoms with van der Waals surface area (Å²) < 4.78 is 65.0. The topological polar surface area (TPSA) is 208 Å². The van der Waals surface area contributed by atoms with Gasteiger partial charge in [0.15, 0.2) is 23.6 Å². The van der Waals surface area contributed by atoms with E-state index in [1.165, 1.54) is 29.5 Å². The molecule has 3 aromatic rings. The minimum atomic E-state index is -4.17. The number of alkyl halides is 1. The van der Waals surface area contributed by atoms with E-state index >= 15 is 4.39 Å². The maximum absolute atomic E-state index is 15.6. The Balaban J connectivity index is 1.29. The number of thiol groups is 1. The van der Waals surface area contributed by atoms with E-state index in [0.717, 1.165) is 0 Å². The molecule has 0 spiro atoms. The minimum absolute atomic E-state index is 0.00645. The van der Waals surface area contributed by atoms with E-state index in [-0.39, 0.29) is 42.6 Å². The number of fused-ring (bicyclic) bond motifs is 4. The molecular formula is C21H26FN7O9P2S2. The van der Waals surface area contributed by atoms with Gasteiger partial charge in [-0.25, -0.2) is 23.9 Å². The SMILES string of the molecule is C[C@H]1[C@H]2OP(O)(=S)OC[C@H]3C[C@@H](Oc4ccncn4)[C@H](F)[C@@H]3OP(=O)(S)OC[C@H]1O[C@H]2n1cnc2c(=O)[nH]c(N)nc21. The molecule has 3 aliphatic rings. The molecule has 21 heteroatoms. The van der Waals surface area contributed by atoms with E-state index < -0.39 is 67.7 Å². The number of hydrogen-bond acceptors (Lipinski definition) is 14. The van der Waals surface area contributed by atoms with Gasteiger partial charge >= 0.3 is 13.5 Å². The smallest absolute Gasteiger partial charge is 0.386 e. The number of anilines is 1. The first-order valence-corrected chi connectivity index (χ1v) is 18.0. The second kappa shape index (κ2) is 11.5. The number of nitrogens with one attached hydrogen (secondary N) is 1. The fraction of sp³-hybridized carbons (Fsp3) is 0.571. The van der Waals surface area contributed by atoms with Crippen LogP contribution in [-0.2, 0) is 39.2 Å². The highest BCUT2D eigenvalue weighted by atomic mass is 32.7. The molecular weight excluding hydrogens is 639 g/mol. The summed E-state index contributed by atoms with van der Waals surface area (Å²) in [4.78, 5) is 41.8. The van der Waals surface area contributed by atoms with Crippen LogP contribution in [-0.4, -0.2) is 78.2 Å². The summed E-state index contributed by atoms with van der Waals surface area (Å²) in [6.45, 7) is -7.08. The standard InChI is InChI=1S/C21H26FN7O9P2S2/c1-9-12-6-34-40(32,42)38-17-10(4-11(14(17)22)35-13-2-3-24-7-25-13)5-33-39(31,41)37-16(9)20(36-12)29-8-26-15-18(29)27-21(23)28-19(15)30/h2-3,7-12,14,16-17,20H,4-6H2,1H3,(H,31,41)(H,32,42)(H3,23,27,28,30)/t9-,10-,11-,12-,14+,16-,17-,20-,39?,40?/m1/s1. The molecule has 5 heterocycles. The largest absolute Gasteiger partial charge is 0.471 e. The zero-order chi connectivity index (χ0) is 29.8. The normalized spacial score (nSPS) is 39.2. The predicted molar refractivity (Wildman–Crippen MR) is 150 cm³/mol. The first-order chi connectivity index (χ1) is 19.9. The lowest BCUT2D eigenvalue weighted by atomic mass is 10.0. The van der Waals surface area contributed by atoms with Crippen molar-refractivity contribution >= 4 is 54.7 Å². The maximum atomic E-state index is 15.6. The molecule has 1 aliphatic carbocycles. The van der Waals surface area contributed by atoms with Crippen LogP contribution in [0.2, 0.25) is 0 Å². The van der Waals surface area contributed by atoms with Crippen molar-refractivity contribution < 1.29 is 41.4 Å². The summed E-state index contributed by atoms with van der Waals surface area (Å²) in [5.41, 5.74) is 5.26. The molecule has 0 amide bonds. The third-order valence-corrected chi connectivity index (χ3v) is 10.5. The van der Waals surface area contributed by atoms with E-state index in [1.54, 1.807) is 6.92 Å². The van der Waals surface area contributed by atoms with Crippen molar-refractivity contribution in [2.45, 2.75) is 50.2 Å². The Bertz CT molecular complexity index is 1620. The number of rotatable bonds is 3.